The van der Waals surface area contributed by atoms with Gasteiger partial charge in [0.2, 0.25) is 0 Å². The molecule has 0 amide bonds. The zero-order chi connectivity index (χ0) is 12.3. The maximum atomic E-state index is 6.23. The van der Waals surface area contributed by atoms with Crippen molar-refractivity contribution in [2.45, 2.75) is 33.4 Å². The SMILES string of the molecule is CCCNCc1nc2cccc(Cl)c2n1CC. The van der Waals surface area contributed by atoms with Gasteiger partial charge in [-0.15, -0.1) is 0 Å². The molecule has 0 saturated carbocycles. The lowest BCUT2D eigenvalue weighted by Crippen LogP contribution is -2.17. The van der Waals surface area contributed by atoms with Crippen molar-refractivity contribution in [1.82, 2.24) is 14.9 Å². The van der Waals surface area contributed by atoms with Gasteiger partial charge in [-0.3, -0.25) is 0 Å². The maximum absolute atomic E-state index is 6.23. The minimum atomic E-state index is 0.776. The number of halogens is 1. The van der Waals surface area contributed by atoms with Crippen LogP contribution in [0.4, 0.5) is 0 Å². The smallest absolute Gasteiger partial charge is 0.123 e. The van der Waals surface area contributed by atoms with Crippen LogP contribution in [-0.4, -0.2) is 16.1 Å². The molecule has 92 valence electrons. The Kier molecular flexibility index (Phi) is 4.02. The van der Waals surface area contributed by atoms with E-state index in [1.54, 1.807) is 0 Å². The second-order valence-electron chi connectivity index (χ2n) is 4.06. The summed E-state index contributed by atoms with van der Waals surface area (Å²) >= 11 is 6.23. The van der Waals surface area contributed by atoms with Gasteiger partial charge in [0.15, 0.2) is 0 Å². The van der Waals surface area contributed by atoms with Crippen molar-refractivity contribution in [2.24, 2.45) is 0 Å². The molecule has 0 atom stereocenters. The third-order valence-corrected chi connectivity index (χ3v) is 3.13. The fourth-order valence-electron chi connectivity index (χ4n) is 2.04. The van der Waals surface area contributed by atoms with E-state index in [0.29, 0.717) is 0 Å². The second kappa shape index (κ2) is 5.52. The zero-order valence-electron chi connectivity index (χ0n) is 10.3. The number of para-hydroxylation sites is 1. The molecular formula is C13H18ClN3. The van der Waals surface area contributed by atoms with Crippen molar-refractivity contribution in [3.8, 4) is 0 Å². The fraction of sp³-hybridized carbons (Fsp3) is 0.462. The maximum Gasteiger partial charge on any atom is 0.123 e. The fourth-order valence-corrected chi connectivity index (χ4v) is 2.31. The van der Waals surface area contributed by atoms with Gasteiger partial charge in [0.1, 0.15) is 5.82 Å². The zero-order valence-corrected chi connectivity index (χ0v) is 11.1. The summed E-state index contributed by atoms with van der Waals surface area (Å²) in [6, 6.07) is 5.87. The van der Waals surface area contributed by atoms with Gasteiger partial charge in [-0.2, -0.15) is 0 Å². The minimum absolute atomic E-state index is 0.776. The van der Waals surface area contributed by atoms with Crippen LogP contribution in [0.15, 0.2) is 18.2 Å². The molecule has 3 nitrogen and oxygen atoms in total. The second-order valence-corrected chi connectivity index (χ2v) is 4.46. The largest absolute Gasteiger partial charge is 0.326 e. The average molecular weight is 252 g/mol. The molecule has 0 aliphatic carbocycles. The number of aryl methyl sites for hydroxylation is 1. The molecule has 17 heavy (non-hydrogen) atoms. The highest BCUT2D eigenvalue weighted by atomic mass is 35.5. The van der Waals surface area contributed by atoms with Crippen LogP contribution in [0.2, 0.25) is 5.02 Å². The van der Waals surface area contributed by atoms with Crippen LogP contribution in [0, 0.1) is 0 Å². The molecule has 4 heteroatoms. The van der Waals surface area contributed by atoms with Crippen molar-refractivity contribution in [3.05, 3.63) is 29.0 Å². The summed E-state index contributed by atoms with van der Waals surface area (Å²) in [6.07, 6.45) is 1.13. The molecule has 2 aromatic rings. The van der Waals surface area contributed by atoms with Gasteiger partial charge in [-0.25, -0.2) is 4.98 Å². The Labute approximate surface area is 107 Å². The van der Waals surface area contributed by atoms with Gasteiger partial charge >= 0.3 is 0 Å². The number of hydrogen-bond acceptors (Lipinski definition) is 2. The summed E-state index contributed by atoms with van der Waals surface area (Å²) in [5.74, 6) is 1.06. The molecule has 1 heterocycles. The van der Waals surface area contributed by atoms with Gasteiger partial charge in [-0.1, -0.05) is 24.6 Å². The van der Waals surface area contributed by atoms with Gasteiger partial charge in [0, 0.05) is 6.54 Å². The Balaban J connectivity index is 2.38. The standard InChI is InChI=1S/C13H18ClN3/c1-3-8-15-9-12-16-11-7-5-6-10(14)13(11)17(12)4-2/h5-7,15H,3-4,8-9H2,1-2H3. The monoisotopic (exact) mass is 251 g/mol. The lowest BCUT2D eigenvalue weighted by atomic mass is 10.3. The first kappa shape index (κ1) is 12.4. The summed E-state index contributed by atoms with van der Waals surface area (Å²) in [6.45, 7) is 6.98. The van der Waals surface area contributed by atoms with Gasteiger partial charge in [-0.05, 0) is 32.0 Å². The average Bonchev–Trinajstić information content (AvgIpc) is 2.68. The van der Waals surface area contributed by atoms with Gasteiger partial charge < -0.3 is 9.88 Å². The molecule has 0 saturated heterocycles. The van der Waals surface area contributed by atoms with Gasteiger partial charge in [0.05, 0.1) is 22.6 Å². The quantitative estimate of drug-likeness (QED) is 0.827. The Morgan fingerprint density at radius 1 is 1.35 bits per heavy atom. The Hall–Kier alpha value is -1.06. The number of hydrogen-bond donors (Lipinski definition) is 1. The highest BCUT2D eigenvalue weighted by Gasteiger charge is 2.11. The lowest BCUT2D eigenvalue weighted by Gasteiger charge is -2.07. The molecule has 1 aromatic carbocycles. The van der Waals surface area contributed by atoms with E-state index in [4.69, 9.17) is 11.6 Å². The number of rotatable bonds is 5. The predicted octanol–water partition coefficient (Wildman–Crippen LogP) is 3.21. The topological polar surface area (TPSA) is 29.9 Å². The predicted molar refractivity (Wildman–Crippen MR) is 72.4 cm³/mol. The van der Waals surface area contributed by atoms with Crippen LogP contribution in [0.5, 0.6) is 0 Å². The summed E-state index contributed by atoms with van der Waals surface area (Å²) in [7, 11) is 0. The molecule has 0 aliphatic rings. The van der Waals surface area contributed by atoms with E-state index in [1.807, 2.05) is 18.2 Å². The number of fused-ring (bicyclic) bond motifs is 1. The molecule has 1 N–H and O–H groups in total. The van der Waals surface area contributed by atoms with Crippen LogP contribution >= 0.6 is 11.6 Å². The molecule has 0 spiro atoms. The molecule has 0 radical (unpaired) electrons. The van der Waals surface area contributed by atoms with Crippen LogP contribution < -0.4 is 5.32 Å². The van der Waals surface area contributed by atoms with E-state index in [9.17, 15) is 0 Å². The molecule has 0 unspecified atom stereocenters. The third kappa shape index (κ3) is 2.45. The number of nitrogens with zero attached hydrogens (tertiary/aromatic N) is 2. The van der Waals surface area contributed by atoms with Crippen molar-refractivity contribution in [2.75, 3.05) is 6.54 Å². The molecular weight excluding hydrogens is 234 g/mol. The summed E-state index contributed by atoms with van der Waals surface area (Å²) in [4.78, 5) is 4.63. The van der Waals surface area contributed by atoms with E-state index in [1.165, 1.54) is 0 Å². The molecule has 0 fully saturated rings. The Morgan fingerprint density at radius 3 is 2.88 bits per heavy atom. The van der Waals surface area contributed by atoms with E-state index in [2.05, 4.69) is 28.7 Å². The molecule has 2 rings (SSSR count). The highest BCUT2D eigenvalue weighted by Crippen LogP contribution is 2.24. The van der Waals surface area contributed by atoms with Crippen LogP contribution in [0.3, 0.4) is 0 Å². The first-order valence-corrected chi connectivity index (χ1v) is 6.50. The Bertz CT molecular complexity index is 505. The minimum Gasteiger partial charge on any atom is -0.326 e. The number of imidazole rings is 1. The molecule has 0 bridgehead atoms. The lowest BCUT2D eigenvalue weighted by molar-refractivity contribution is 0.615. The highest BCUT2D eigenvalue weighted by molar-refractivity contribution is 6.35. The van der Waals surface area contributed by atoms with Crippen molar-refractivity contribution >= 4 is 22.6 Å². The van der Waals surface area contributed by atoms with Crippen LogP contribution in [0.25, 0.3) is 11.0 Å². The van der Waals surface area contributed by atoms with E-state index < -0.39 is 0 Å². The van der Waals surface area contributed by atoms with Gasteiger partial charge in [0.25, 0.3) is 0 Å². The van der Waals surface area contributed by atoms with Crippen molar-refractivity contribution in [3.63, 3.8) is 0 Å². The first-order chi connectivity index (χ1) is 8.27. The molecule has 0 aliphatic heterocycles. The molecule has 1 aromatic heterocycles. The summed E-state index contributed by atoms with van der Waals surface area (Å²) < 4.78 is 2.18. The number of aromatic nitrogens is 2. The third-order valence-electron chi connectivity index (χ3n) is 2.82. The Morgan fingerprint density at radius 2 is 2.18 bits per heavy atom. The first-order valence-electron chi connectivity index (χ1n) is 6.12. The normalized spacial score (nSPS) is 11.2. The van der Waals surface area contributed by atoms with E-state index in [0.717, 1.165) is 47.9 Å². The van der Waals surface area contributed by atoms with E-state index in [-0.39, 0.29) is 0 Å². The summed E-state index contributed by atoms with van der Waals surface area (Å²) in [5, 5.41) is 4.16. The van der Waals surface area contributed by atoms with Crippen LogP contribution in [-0.2, 0) is 13.1 Å². The summed E-state index contributed by atoms with van der Waals surface area (Å²) in [5.41, 5.74) is 2.03. The number of benzene rings is 1. The van der Waals surface area contributed by atoms with Crippen molar-refractivity contribution in [1.29, 1.82) is 0 Å². The van der Waals surface area contributed by atoms with Crippen LogP contribution in [0.1, 0.15) is 26.1 Å². The number of nitrogens with one attached hydrogen (secondary N) is 1. The van der Waals surface area contributed by atoms with E-state index >= 15 is 0 Å². The van der Waals surface area contributed by atoms with Crippen molar-refractivity contribution < 1.29 is 0 Å².